The van der Waals surface area contributed by atoms with Crippen molar-refractivity contribution in [3.8, 4) is 23.3 Å². The van der Waals surface area contributed by atoms with Crippen LogP contribution >= 0.6 is 0 Å². The third kappa shape index (κ3) is 4.90. The summed E-state index contributed by atoms with van der Waals surface area (Å²) in [7, 11) is 0. The molecule has 0 unspecified atom stereocenters. The Morgan fingerprint density at radius 2 is 1.78 bits per heavy atom. The number of amides is 2. The maximum absolute atomic E-state index is 14.0. The number of ether oxygens (including phenoxy) is 1. The van der Waals surface area contributed by atoms with Crippen LogP contribution in [0.1, 0.15) is 57.6 Å². The van der Waals surface area contributed by atoms with E-state index < -0.39 is 29.1 Å². The molecule has 1 N–H and O–H groups in total. The lowest BCUT2D eigenvalue weighted by Gasteiger charge is -2.35. The molecule has 2 aromatic rings. The Morgan fingerprint density at radius 1 is 1.14 bits per heavy atom. The molecule has 2 fully saturated rings. The second kappa shape index (κ2) is 9.62. The predicted octanol–water partition coefficient (Wildman–Crippen LogP) is 4.85. The van der Waals surface area contributed by atoms with Crippen LogP contribution in [0.2, 0.25) is 0 Å². The van der Waals surface area contributed by atoms with Gasteiger partial charge >= 0.3 is 6.09 Å². The minimum atomic E-state index is -0.981. The number of fused-ring (bicyclic) bond motifs is 2. The zero-order valence-corrected chi connectivity index (χ0v) is 20.7. The smallest absolute Gasteiger partial charge is 0.411 e. The average molecular weight is 489 g/mol. The normalized spacial score (nSPS) is 21.4. The van der Waals surface area contributed by atoms with Crippen LogP contribution in [0.15, 0.2) is 42.5 Å². The van der Waals surface area contributed by atoms with Gasteiger partial charge in [0.05, 0.1) is 11.6 Å². The van der Waals surface area contributed by atoms with Gasteiger partial charge in [-0.3, -0.25) is 9.69 Å². The number of hydrogen-bond donors (Lipinski definition) is 1. The SMILES string of the molecule is CC(C)(C)OC(=O)N1[C@H]2CC[C@]1(C(=O)N[C@H](C#N)Cc1ccc(-c3ccc(C#N)c(F)c3)cc1)CC2. The van der Waals surface area contributed by atoms with Gasteiger partial charge < -0.3 is 10.1 Å². The fraction of sp³-hybridized carbons (Fsp3) is 0.429. The van der Waals surface area contributed by atoms with E-state index in [0.29, 0.717) is 18.4 Å². The summed E-state index contributed by atoms with van der Waals surface area (Å²) in [6.07, 6.45) is 2.38. The molecule has 7 nitrogen and oxygen atoms in total. The first-order valence-electron chi connectivity index (χ1n) is 12.1. The molecule has 2 amide bonds. The molecule has 2 heterocycles. The van der Waals surface area contributed by atoms with Crippen LogP contribution in [0.4, 0.5) is 9.18 Å². The van der Waals surface area contributed by atoms with Crippen molar-refractivity contribution in [2.24, 2.45) is 0 Å². The number of carbonyl (C=O) groups excluding carboxylic acids is 2. The van der Waals surface area contributed by atoms with E-state index in [1.165, 1.54) is 12.1 Å². The first-order chi connectivity index (χ1) is 17.1. The Labute approximate surface area is 210 Å². The van der Waals surface area contributed by atoms with Crippen LogP contribution in [0.25, 0.3) is 11.1 Å². The molecule has 2 aliphatic rings. The van der Waals surface area contributed by atoms with Crippen LogP contribution in [-0.2, 0) is 16.0 Å². The second-order valence-electron chi connectivity index (χ2n) is 10.5. The van der Waals surface area contributed by atoms with Crippen LogP contribution < -0.4 is 5.32 Å². The van der Waals surface area contributed by atoms with Gasteiger partial charge in [0.15, 0.2) is 0 Å². The van der Waals surface area contributed by atoms with Gasteiger partial charge in [-0.2, -0.15) is 10.5 Å². The molecule has 0 radical (unpaired) electrons. The molecule has 8 heteroatoms. The number of nitriles is 2. The molecule has 0 aliphatic carbocycles. The maximum atomic E-state index is 14.0. The molecule has 0 saturated carbocycles. The van der Waals surface area contributed by atoms with Crippen molar-refractivity contribution >= 4 is 12.0 Å². The summed E-state index contributed by atoms with van der Waals surface area (Å²) >= 11 is 0. The molecule has 2 bridgehead atoms. The van der Waals surface area contributed by atoms with Gasteiger partial charge in [-0.15, -0.1) is 0 Å². The van der Waals surface area contributed by atoms with E-state index in [2.05, 4.69) is 11.4 Å². The third-order valence-electron chi connectivity index (χ3n) is 6.90. The van der Waals surface area contributed by atoms with Gasteiger partial charge in [-0.1, -0.05) is 30.3 Å². The van der Waals surface area contributed by atoms with Gasteiger partial charge in [-0.25, -0.2) is 9.18 Å². The van der Waals surface area contributed by atoms with Crippen LogP contribution in [-0.4, -0.2) is 40.1 Å². The molecule has 1 atom stereocenters. The lowest BCUT2D eigenvalue weighted by Crippen LogP contribution is -2.58. The van der Waals surface area contributed by atoms with E-state index in [1.807, 2.05) is 24.3 Å². The van der Waals surface area contributed by atoms with Gasteiger partial charge in [0.2, 0.25) is 5.91 Å². The first-order valence-corrected chi connectivity index (χ1v) is 12.1. The number of nitrogens with zero attached hydrogens (tertiary/aromatic N) is 3. The largest absolute Gasteiger partial charge is 0.444 e. The molecule has 0 spiro atoms. The van der Waals surface area contributed by atoms with E-state index in [4.69, 9.17) is 10.00 Å². The van der Waals surface area contributed by atoms with Gasteiger partial charge in [0.1, 0.15) is 29.1 Å². The maximum Gasteiger partial charge on any atom is 0.411 e. The molecule has 2 saturated heterocycles. The number of carbonyl (C=O) groups is 2. The summed E-state index contributed by atoms with van der Waals surface area (Å²) in [4.78, 5) is 27.9. The molecule has 2 aliphatic heterocycles. The summed E-state index contributed by atoms with van der Waals surface area (Å²) in [6, 6.07) is 14.9. The molecule has 0 aromatic heterocycles. The molecule has 186 valence electrons. The zero-order valence-electron chi connectivity index (χ0n) is 20.7. The third-order valence-corrected chi connectivity index (χ3v) is 6.90. The standard InChI is InChI=1S/C28H29FN4O3/c1-27(2,3)36-26(35)33-23-10-12-28(33,13-11-23)25(34)32-22(17-31)14-18-4-6-19(7-5-18)20-8-9-21(16-30)24(29)15-20/h4-9,15,22-23H,10-14H2,1-3H3,(H,32,34)/t22-,23-,28+/m0/s1. The number of hydrogen-bond acceptors (Lipinski definition) is 5. The first kappa shape index (κ1) is 25.2. The Kier molecular flexibility index (Phi) is 6.73. The zero-order chi connectivity index (χ0) is 26.1. The van der Waals surface area contributed by atoms with E-state index in [9.17, 15) is 19.2 Å². The minimum Gasteiger partial charge on any atom is -0.444 e. The lowest BCUT2D eigenvalue weighted by molar-refractivity contribution is -0.131. The number of rotatable bonds is 5. The van der Waals surface area contributed by atoms with Crippen molar-refractivity contribution in [2.75, 3.05) is 0 Å². The number of halogens is 1. The van der Waals surface area contributed by atoms with E-state index in [1.54, 1.807) is 37.8 Å². The van der Waals surface area contributed by atoms with Crippen molar-refractivity contribution in [1.29, 1.82) is 10.5 Å². The fourth-order valence-electron chi connectivity index (χ4n) is 5.18. The fourth-order valence-corrected chi connectivity index (χ4v) is 5.18. The van der Waals surface area contributed by atoms with Crippen LogP contribution in [0, 0.1) is 28.5 Å². The van der Waals surface area contributed by atoms with E-state index >= 15 is 0 Å². The second-order valence-corrected chi connectivity index (χ2v) is 10.5. The Morgan fingerprint density at radius 3 is 2.33 bits per heavy atom. The molecule has 2 aromatic carbocycles. The Bertz CT molecular complexity index is 1250. The van der Waals surface area contributed by atoms with E-state index in [-0.39, 0.29) is 23.9 Å². The highest BCUT2D eigenvalue weighted by molar-refractivity contribution is 5.92. The summed E-state index contributed by atoms with van der Waals surface area (Å²) < 4.78 is 19.5. The van der Waals surface area contributed by atoms with Gasteiger partial charge in [0, 0.05) is 12.5 Å². The number of nitrogens with one attached hydrogen (secondary N) is 1. The van der Waals surface area contributed by atoms with E-state index in [0.717, 1.165) is 24.0 Å². The minimum absolute atomic E-state index is 0.0106. The Hall–Kier alpha value is -3.91. The highest BCUT2D eigenvalue weighted by Crippen LogP contribution is 2.47. The molecule has 4 rings (SSSR count). The Balaban J connectivity index is 1.44. The van der Waals surface area contributed by atoms with Crippen molar-refractivity contribution in [3.05, 3.63) is 59.4 Å². The van der Waals surface area contributed by atoms with Crippen LogP contribution in [0.5, 0.6) is 0 Å². The van der Waals surface area contributed by atoms with Crippen LogP contribution in [0.3, 0.4) is 0 Å². The topological polar surface area (TPSA) is 106 Å². The summed E-state index contributed by atoms with van der Waals surface area (Å²) in [5.41, 5.74) is 0.587. The average Bonchev–Trinajstić information content (AvgIpc) is 3.40. The van der Waals surface area contributed by atoms with Crippen molar-refractivity contribution in [3.63, 3.8) is 0 Å². The summed E-state index contributed by atoms with van der Waals surface area (Å²) in [6.45, 7) is 5.39. The number of benzene rings is 2. The summed E-state index contributed by atoms with van der Waals surface area (Å²) in [5.74, 6) is -0.892. The molecule has 36 heavy (non-hydrogen) atoms. The molecular weight excluding hydrogens is 459 g/mol. The van der Waals surface area contributed by atoms with Crippen molar-refractivity contribution in [1.82, 2.24) is 10.2 Å². The quantitative estimate of drug-likeness (QED) is 0.648. The highest BCUT2D eigenvalue weighted by atomic mass is 19.1. The van der Waals surface area contributed by atoms with Gasteiger partial charge in [-0.05, 0) is 75.3 Å². The summed E-state index contributed by atoms with van der Waals surface area (Å²) in [5, 5.41) is 21.5. The van der Waals surface area contributed by atoms with Crippen molar-refractivity contribution in [2.45, 2.75) is 76.1 Å². The lowest BCUT2D eigenvalue weighted by atomic mass is 9.86. The van der Waals surface area contributed by atoms with Crippen molar-refractivity contribution < 1.29 is 18.7 Å². The monoisotopic (exact) mass is 488 g/mol. The molecular formula is C28H29FN4O3. The van der Waals surface area contributed by atoms with Gasteiger partial charge in [0.25, 0.3) is 0 Å². The highest BCUT2D eigenvalue weighted by Gasteiger charge is 2.59. The predicted molar refractivity (Wildman–Crippen MR) is 131 cm³/mol.